The van der Waals surface area contributed by atoms with Gasteiger partial charge in [0, 0.05) is 17.0 Å². The van der Waals surface area contributed by atoms with Gasteiger partial charge in [0.05, 0.1) is 13.0 Å². The Balaban J connectivity index is 1.61. The monoisotopic (exact) mass is 366 g/mol. The predicted octanol–water partition coefficient (Wildman–Crippen LogP) is 4.23. The van der Waals surface area contributed by atoms with Gasteiger partial charge in [-0.15, -0.1) is 0 Å². The van der Waals surface area contributed by atoms with Crippen LogP contribution in [0.25, 0.3) is 11.0 Å². The summed E-state index contributed by atoms with van der Waals surface area (Å²) in [6.07, 6.45) is 0.130. The minimum absolute atomic E-state index is 0.0218. The quantitative estimate of drug-likeness (QED) is 0.482. The summed E-state index contributed by atoms with van der Waals surface area (Å²) >= 11 is 0. The van der Waals surface area contributed by atoms with Gasteiger partial charge in [0.25, 0.3) is 0 Å². The lowest BCUT2D eigenvalue weighted by atomic mass is 10.0. The van der Waals surface area contributed by atoms with Crippen LogP contribution in [-0.4, -0.2) is 12.6 Å². The molecule has 5 heteroatoms. The molecule has 5 nitrogen and oxygen atoms in total. The highest BCUT2D eigenvalue weighted by atomic mass is 16.5. The maximum Gasteiger partial charge on any atom is 0.336 e. The molecular weight excluding hydrogens is 344 g/mol. The number of benzene rings is 2. The van der Waals surface area contributed by atoms with Gasteiger partial charge >= 0.3 is 11.6 Å². The summed E-state index contributed by atoms with van der Waals surface area (Å²) in [5.41, 5.74) is 3.81. The lowest BCUT2D eigenvalue weighted by Crippen LogP contribution is -2.11. The van der Waals surface area contributed by atoms with E-state index in [0.29, 0.717) is 16.9 Å². The molecule has 0 amide bonds. The highest BCUT2D eigenvalue weighted by molar-refractivity contribution is 5.84. The van der Waals surface area contributed by atoms with Gasteiger partial charge in [0.1, 0.15) is 17.9 Å². The van der Waals surface area contributed by atoms with E-state index in [9.17, 15) is 9.59 Å². The van der Waals surface area contributed by atoms with E-state index in [0.717, 1.165) is 22.1 Å². The van der Waals surface area contributed by atoms with Gasteiger partial charge in [-0.1, -0.05) is 29.8 Å². The zero-order valence-corrected chi connectivity index (χ0v) is 15.7. The van der Waals surface area contributed by atoms with Crippen LogP contribution in [0.2, 0.25) is 0 Å². The molecule has 1 heterocycles. The minimum Gasteiger partial charge on any atom is -0.493 e. The average Bonchev–Trinajstić information content (AvgIpc) is 2.65. The van der Waals surface area contributed by atoms with Crippen molar-refractivity contribution in [2.75, 3.05) is 6.61 Å². The van der Waals surface area contributed by atoms with Crippen molar-refractivity contribution in [3.63, 3.8) is 0 Å². The summed E-state index contributed by atoms with van der Waals surface area (Å²) in [5.74, 6) is 0.332. The zero-order chi connectivity index (χ0) is 19.4. The van der Waals surface area contributed by atoms with Crippen molar-refractivity contribution in [2.45, 2.75) is 33.8 Å². The third-order valence-corrected chi connectivity index (χ3v) is 4.50. The number of aryl methyl sites for hydroxylation is 3. The van der Waals surface area contributed by atoms with Crippen LogP contribution in [0.5, 0.6) is 5.75 Å². The summed E-state index contributed by atoms with van der Waals surface area (Å²) in [6, 6.07) is 12.8. The fourth-order valence-corrected chi connectivity index (χ4v) is 2.76. The molecule has 0 N–H and O–H groups in total. The maximum absolute atomic E-state index is 12.0. The molecule has 0 bridgehead atoms. The van der Waals surface area contributed by atoms with Crippen molar-refractivity contribution >= 4 is 16.9 Å². The standard InChI is InChI=1S/C22H22O5/c1-14-4-7-18(8-5-14)25-11-10-20(23)26-13-17-12-21(24)27-22-16(3)15(2)6-9-19(17)22/h4-9,12H,10-11,13H2,1-3H3. The summed E-state index contributed by atoms with van der Waals surface area (Å²) in [7, 11) is 0. The van der Waals surface area contributed by atoms with Crippen LogP contribution in [0.15, 0.2) is 51.7 Å². The number of carbonyl (C=O) groups excluding carboxylic acids is 1. The lowest BCUT2D eigenvalue weighted by molar-refractivity contribution is -0.145. The fourth-order valence-electron chi connectivity index (χ4n) is 2.76. The molecule has 3 aromatic rings. The molecule has 0 aliphatic heterocycles. The van der Waals surface area contributed by atoms with Gasteiger partial charge in [-0.2, -0.15) is 0 Å². The summed E-state index contributed by atoms with van der Waals surface area (Å²) < 4.78 is 16.2. The van der Waals surface area contributed by atoms with E-state index in [-0.39, 0.29) is 25.6 Å². The third kappa shape index (κ3) is 4.56. The van der Waals surface area contributed by atoms with Crippen molar-refractivity contribution in [1.82, 2.24) is 0 Å². The highest BCUT2D eigenvalue weighted by Crippen LogP contribution is 2.23. The first-order chi connectivity index (χ1) is 12.9. The van der Waals surface area contributed by atoms with E-state index in [1.54, 1.807) is 0 Å². The van der Waals surface area contributed by atoms with Crippen molar-refractivity contribution in [2.24, 2.45) is 0 Å². The highest BCUT2D eigenvalue weighted by Gasteiger charge is 2.11. The molecule has 2 aromatic carbocycles. The van der Waals surface area contributed by atoms with E-state index in [1.807, 2.05) is 57.2 Å². The maximum atomic E-state index is 12.0. The predicted molar refractivity (Wildman–Crippen MR) is 103 cm³/mol. The summed E-state index contributed by atoms with van der Waals surface area (Å²) in [5, 5.41) is 0.779. The Bertz CT molecular complexity index is 1020. The second-order valence-electron chi connectivity index (χ2n) is 6.55. The van der Waals surface area contributed by atoms with E-state index >= 15 is 0 Å². The van der Waals surface area contributed by atoms with Gasteiger partial charge in [-0.3, -0.25) is 4.79 Å². The van der Waals surface area contributed by atoms with Crippen molar-refractivity contribution in [1.29, 1.82) is 0 Å². The molecule has 1 aromatic heterocycles. The topological polar surface area (TPSA) is 65.7 Å². The molecular formula is C22H22O5. The zero-order valence-electron chi connectivity index (χ0n) is 15.7. The number of ether oxygens (including phenoxy) is 2. The number of fused-ring (bicyclic) bond motifs is 1. The van der Waals surface area contributed by atoms with E-state index in [4.69, 9.17) is 13.9 Å². The Morgan fingerprint density at radius 2 is 1.78 bits per heavy atom. The van der Waals surface area contributed by atoms with Gasteiger partial charge in [0.2, 0.25) is 0 Å². The Morgan fingerprint density at radius 3 is 2.52 bits per heavy atom. The van der Waals surface area contributed by atoms with Gasteiger partial charge in [-0.05, 0) is 44.0 Å². The second kappa shape index (κ2) is 8.08. The molecule has 0 radical (unpaired) electrons. The number of esters is 1. The van der Waals surface area contributed by atoms with Gasteiger partial charge in [-0.25, -0.2) is 4.79 Å². The summed E-state index contributed by atoms with van der Waals surface area (Å²) in [4.78, 5) is 23.8. The lowest BCUT2D eigenvalue weighted by Gasteiger charge is -2.10. The number of rotatable bonds is 6. The van der Waals surface area contributed by atoms with Crippen LogP contribution >= 0.6 is 0 Å². The summed E-state index contributed by atoms with van der Waals surface area (Å²) in [6.45, 7) is 6.11. The smallest absolute Gasteiger partial charge is 0.336 e. The molecule has 140 valence electrons. The molecule has 27 heavy (non-hydrogen) atoms. The van der Waals surface area contributed by atoms with Crippen LogP contribution in [0.4, 0.5) is 0 Å². The third-order valence-electron chi connectivity index (χ3n) is 4.50. The molecule has 0 saturated heterocycles. The SMILES string of the molecule is Cc1ccc(OCCC(=O)OCc2cc(=O)oc3c(C)c(C)ccc23)cc1. The fraction of sp³-hybridized carbons (Fsp3) is 0.273. The minimum atomic E-state index is -0.454. The first-order valence-corrected chi connectivity index (χ1v) is 8.82. The van der Waals surface area contributed by atoms with Crippen molar-refractivity contribution < 1.29 is 18.7 Å². The molecule has 3 rings (SSSR count). The van der Waals surface area contributed by atoms with Crippen LogP contribution < -0.4 is 10.4 Å². The van der Waals surface area contributed by atoms with E-state index in [1.165, 1.54) is 6.07 Å². The van der Waals surface area contributed by atoms with Crippen molar-refractivity contribution in [3.8, 4) is 5.75 Å². The molecule has 0 spiro atoms. The molecule has 0 saturated carbocycles. The van der Waals surface area contributed by atoms with Crippen LogP contribution in [-0.2, 0) is 16.1 Å². The van der Waals surface area contributed by atoms with Crippen LogP contribution in [0, 0.1) is 20.8 Å². The first-order valence-electron chi connectivity index (χ1n) is 8.82. The Kier molecular flexibility index (Phi) is 5.60. The van der Waals surface area contributed by atoms with Gasteiger partial charge < -0.3 is 13.9 Å². The largest absolute Gasteiger partial charge is 0.493 e. The average molecular weight is 366 g/mol. The van der Waals surface area contributed by atoms with Crippen LogP contribution in [0.1, 0.15) is 28.7 Å². The van der Waals surface area contributed by atoms with Gasteiger partial charge in [0.15, 0.2) is 0 Å². The van der Waals surface area contributed by atoms with Crippen LogP contribution in [0.3, 0.4) is 0 Å². The second-order valence-corrected chi connectivity index (χ2v) is 6.55. The first kappa shape index (κ1) is 18.7. The molecule has 0 unspecified atom stereocenters. The molecule has 0 aliphatic carbocycles. The molecule has 0 aliphatic rings. The van der Waals surface area contributed by atoms with E-state index < -0.39 is 5.63 Å². The molecule has 0 atom stereocenters. The Morgan fingerprint density at radius 1 is 1.04 bits per heavy atom. The Labute approximate surface area is 157 Å². The number of carbonyl (C=O) groups is 1. The normalized spacial score (nSPS) is 10.8. The number of hydrogen-bond acceptors (Lipinski definition) is 5. The molecule has 0 fully saturated rings. The number of hydrogen-bond donors (Lipinski definition) is 0. The Hall–Kier alpha value is -3.08. The van der Waals surface area contributed by atoms with Crippen molar-refractivity contribution in [3.05, 3.63) is 75.1 Å². The van der Waals surface area contributed by atoms with E-state index in [2.05, 4.69) is 0 Å².